The number of thioether (sulfide) groups is 1. The highest BCUT2D eigenvalue weighted by molar-refractivity contribution is 7.98. The lowest BCUT2D eigenvalue weighted by Gasteiger charge is -2.28. The van der Waals surface area contributed by atoms with Crippen molar-refractivity contribution < 1.29 is 0 Å². The summed E-state index contributed by atoms with van der Waals surface area (Å²) in [6.45, 7) is 5.86. The maximum absolute atomic E-state index is 3.36. The van der Waals surface area contributed by atoms with Crippen LogP contribution < -0.4 is 5.32 Å². The summed E-state index contributed by atoms with van der Waals surface area (Å²) in [5, 5.41) is 3.36. The predicted molar refractivity (Wildman–Crippen MR) is 84.9 cm³/mol. The van der Waals surface area contributed by atoms with E-state index in [1.807, 2.05) is 11.8 Å². The average Bonchev–Trinajstić information content (AvgIpc) is 2.83. The second kappa shape index (κ2) is 7.32. The van der Waals surface area contributed by atoms with E-state index in [1.54, 1.807) is 0 Å². The molecule has 2 atom stereocenters. The summed E-state index contributed by atoms with van der Waals surface area (Å²) in [6.07, 6.45) is 4.69. The van der Waals surface area contributed by atoms with Gasteiger partial charge in [-0.3, -0.25) is 4.90 Å². The number of nitrogens with one attached hydrogen (secondary N) is 1. The number of nitrogens with zero attached hydrogens (tertiary/aromatic N) is 1. The Balaban J connectivity index is 2.18. The molecule has 0 bridgehead atoms. The summed E-state index contributed by atoms with van der Waals surface area (Å²) in [6, 6.07) is 9.78. The first-order valence-electron chi connectivity index (χ1n) is 7.32. The van der Waals surface area contributed by atoms with Crippen molar-refractivity contribution in [2.75, 3.05) is 32.9 Å². The third-order valence-corrected chi connectivity index (χ3v) is 4.81. The Morgan fingerprint density at radius 1 is 1.32 bits per heavy atom. The Hall–Kier alpha value is -0.510. The zero-order valence-corrected chi connectivity index (χ0v) is 13.2. The molecule has 0 amide bonds. The van der Waals surface area contributed by atoms with Gasteiger partial charge in [-0.2, -0.15) is 0 Å². The minimum atomic E-state index is 0.600. The molecule has 0 radical (unpaired) electrons. The smallest absolute Gasteiger partial charge is 0.0388 e. The van der Waals surface area contributed by atoms with Crippen LogP contribution in [0.25, 0.3) is 0 Å². The number of hydrogen-bond donors (Lipinski definition) is 1. The lowest BCUT2D eigenvalue weighted by Crippen LogP contribution is -2.29. The van der Waals surface area contributed by atoms with Crippen molar-refractivity contribution in [3.05, 3.63) is 29.8 Å². The first-order valence-corrected chi connectivity index (χ1v) is 8.55. The van der Waals surface area contributed by atoms with E-state index < -0.39 is 0 Å². The van der Waals surface area contributed by atoms with E-state index in [9.17, 15) is 0 Å². The highest BCUT2D eigenvalue weighted by atomic mass is 32.2. The summed E-state index contributed by atoms with van der Waals surface area (Å²) < 4.78 is 0. The van der Waals surface area contributed by atoms with Crippen LogP contribution in [-0.4, -0.2) is 37.8 Å². The van der Waals surface area contributed by atoms with Crippen LogP contribution in [0.5, 0.6) is 0 Å². The number of likely N-dealkylation sites (tertiary alicyclic amines) is 1. The standard InChI is InChI=1S/C16H26N2S/c1-4-10-18-11-9-14(12-17-2)16(18)13-5-7-15(19-3)8-6-13/h5-8,14,16-17H,4,9-12H2,1-3H3. The predicted octanol–water partition coefficient (Wildman–Crippen LogP) is 3.40. The molecule has 1 aliphatic heterocycles. The van der Waals surface area contributed by atoms with Gasteiger partial charge in [-0.25, -0.2) is 0 Å². The van der Waals surface area contributed by atoms with Gasteiger partial charge < -0.3 is 5.32 Å². The quantitative estimate of drug-likeness (QED) is 0.803. The lowest BCUT2D eigenvalue weighted by molar-refractivity contribution is 0.227. The number of rotatable bonds is 6. The number of hydrogen-bond acceptors (Lipinski definition) is 3. The van der Waals surface area contributed by atoms with Crippen LogP contribution in [0, 0.1) is 5.92 Å². The third-order valence-electron chi connectivity index (χ3n) is 4.06. The lowest BCUT2D eigenvalue weighted by atomic mass is 9.93. The van der Waals surface area contributed by atoms with Crippen LogP contribution in [0.4, 0.5) is 0 Å². The fourth-order valence-electron chi connectivity index (χ4n) is 3.22. The zero-order valence-electron chi connectivity index (χ0n) is 12.4. The van der Waals surface area contributed by atoms with Gasteiger partial charge in [0.05, 0.1) is 0 Å². The van der Waals surface area contributed by atoms with Crippen LogP contribution in [0.2, 0.25) is 0 Å². The second-order valence-corrected chi connectivity index (χ2v) is 6.24. The molecule has 2 rings (SSSR count). The average molecular weight is 278 g/mol. The van der Waals surface area contributed by atoms with E-state index in [4.69, 9.17) is 0 Å². The van der Waals surface area contributed by atoms with Crippen LogP contribution >= 0.6 is 11.8 Å². The SMILES string of the molecule is CCCN1CCC(CNC)C1c1ccc(SC)cc1. The van der Waals surface area contributed by atoms with Gasteiger partial charge in [0.25, 0.3) is 0 Å². The van der Waals surface area contributed by atoms with Crippen molar-refractivity contribution in [3.8, 4) is 0 Å². The van der Waals surface area contributed by atoms with Crippen molar-refractivity contribution in [2.24, 2.45) is 5.92 Å². The Morgan fingerprint density at radius 2 is 2.05 bits per heavy atom. The molecule has 0 aliphatic carbocycles. The van der Waals surface area contributed by atoms with Crippen LogP contribution in [-0.2, 0) is 0 Å². The van der Waals surface area contributed by atoms with Crippen molar-refractivity contribution in [1.29, 1.82) is 0 Å². The molecular formula is C16H26N2S. The van der Waals surface area contributed by atoms with Gasteiger partial charge in [-0.1, -0.05) is 19.1 Å². The fraction of sp³-hybridized carbons (Fsp3) is 0.625. The molecule has 1 saturated heterocycles. The van der Waals surface area contributed by atoms with E-state index in [2.05, 4.69) is 54.7 Å². The van der Waals surface area contributed by atoms with Gasteiger partial charge >= 0.3 is 0 Å². The summed E-state index contributed by atoms with van der Waals surface area (Å²) in [5.74, 6) is 0.747. The van der Waals surface area contributed by atoms with E-state index in [1.165, 1.54) is 36.4 Å². The Morgan fingerprint density at radius 3 is 2.63 bits per heavy atom. The minimum Gasteiger partial charge on any atom is -0.319 e. The summed E-state index contributed by atoms with van der Waals surface area (Å²) in [5.41, 5.74) is 1.49. The van der Waals surface area contributed by atoms with Gasteiger partial charge in [0.2, 0.25) is 0 Å². The zero-order chi connectivity index (χ0) is 13.7. The topological polar surface area (TPSA) is 15.3 Å². The fourth-order valence-corrected chi connectivity index (χ4v) is 3.63. The van der Waals surface area contributed by atoms with Crippen LogP contribution in [0.15, 0.2) is 29.2 Å². The van der Waals surface area contributed by atoms with Gasteiger partial charge in [0, 0.05) is 10.9 Å². The Bertz CT molecular complexity index is 363. The molecule has 2 unspecified atom stereocenters. The molecule has 1 aromatic carbocycles. The van der Waals surface area contributed by atoms with E-state index in [-0.39, 0.29) is 0 Å². The first-order chi connectivity index (χ1) is 9.30. The molecule has 0 aromatic heterocycles. The Labute approximate surface area is 122 Å². The van der Waals surface area contributed by atoms with E-state index in [0.29, 0.717) is 6.04 Å². The molecular weight excluding hydrogens is 252 g/mol. The molecule has 19 heavy (non-hydrogen) atoms. The normalized spacial score (nSPS) is 23.9. The Kier molecular flexibility index (Phi) is 5.74. The monoisotopic (exact) mass is 278 g/mol. The van der Waals surface area contributed by atoms with Crippen molar-refractivity contribution in [3.63, 3.8) is 0 Å². The van der Waals surface area contributed by atoms with Crippen molar-refractivity contribution in [1.82, 2.24) is 10.2 Å². The molecule has 1 aromatic rings. The van der Waals surface area contributed by atoms with Crippen molar-refractivity contribution >= 4 is 11.8 Å². The third kappa shape index (κ3) is 3.53. The molecule has 1 aliphatic rings. The maximum atomic E-state index is 3.36. The van der Waals surface area contributed by atoms with E-state index >= 15 is 0 Å². The summed E-state index contributed by atoms with van der Waals surface area (Å²) in [7, 11) is 2.07. The highest BCUT2D eigenvalue weighted by Gasteiger charge is 2.33. The molecule has 1 fully saturated rings. The molecule has 0 saturated carbocycles. The highest BCUT2D eigenvalue weighted by Crippen LogP contribution is 2.37. The molecule has 0 spiro atoms. The summed E-state index contributed by atoms with van der Waals surface area (Å²) >= 11 is 1.82. The molecule has 106 valence electrons. The molecule has 3 heteroatoms. The van der Waals surface area contributed by atoms with Crippen LogP contribution in [0.3, 0.4) is 0 Å². The molecule has 2 nitrogen and oxygen atoms in total. The van der Waals surface area contributed by atoms with Gasteiger partial charge in [0.15, 0.2) is 0 Å². The van der Waals surface area contributed by atoms with Gasteiger partial charge in [-0.05, 0) is 69.4 Å². The second-order valence-electron chi connectivity index (χ2n) is 5.36. The largest absolute Gasteiger partial charge is 0.319 e. The molecule has 1 heterocycles. The minimum absolute atomic E-state index is 0.600. The van der Waals surface area contributed by atoms with Gasteiger partial charge in [0.1, 0.15) is 0 Å². The van der Waals surface area contributed by atoms with E-state index in [0.717, 1.165) is 12.5 Å². The first kappa shape index (κ1) is 14.9. The van der Waals surface area contributed by atoms with Crippen molar-refractivity contribution in [2.45, 2.75) is 30.7 Å². The van der Waals surface area contributed by atoms with Gasteiger partial charge in [-0.15, -0.1) is 11.8 Å². The molecule has 1 N–H and O–H groups in total. The van der Waals surface area contributed by atoms with Crippen LogP contribution in [0.1, 0.15) is 31.4 Å². The summed E-state index contributed by atoms with van der Waals surface area (Å²) in [4.78, 5) is 4.02. The number of benzene rings is 1. The maximum Gasteiger partial charge on any atom is 0.0388 e.